The van der Waals surface area contributed by atoms with E-state index in [0.717, 1.165) is 32.1 Å². The van der Waals surface area contributed by atoms with Gasteiger partial charge in [0, 0.05) is 0 Å². The summed E-state index contributed by atoms with van der Waals surface area (Å²) < 4.78 is 5.97. The van der Waals surface area contributed by atoms with Gasteiger partial charge in [0.1, 0.15) is 0 Å². The molecular weight excluding hydrogens is 264 g/mol. The first kappa shape index (κ1) is 18.5. The Labute approximate surface area is 130 Å². The number of aliphatic carboxylic acids is 1. The Balaban J connectivity index is 2.50. The average molecular weight is 298 g/mol. The molecule has 0 amide bonds. The van der Waals surface area contributed by atoms with Gasteiger partial charge in [0.2, 0.25) is 0 Å². The minimum absolute atomic E-state index is 0.151. The first-order valence-electron chi connectivity index (χ1n) is 9.12. The van der Waals surface area contributed by atoms with Crippen LogP contribution in [0, 0.1) is 0 Å². The summed E-state index contributed by atoms with van der Waals surface area (Å²) in [5.74, 6) is -0.773. The summed E-state index contributed by atoms with van der Waals surface area (Å²) in [5.41, 5.74) is 0. The van der Waals surface area contributed by atoms with Gasteiger partial charge in [-0.3, -0.25) is 0 Å². The molecule has 0 radical (unpaired) electrons. The number of ether oxygens (including phenoxy) is 1. The molecule has 3 nitrogen and oxygen atoms in total. The van der Waals surface area contributed by atoms with Crippen LogP contribution in [-0.2, 0) is 9.53 Å². The SMILES string of the molecule is CCCCCC1CCCCCCCCCCC(C(=O)O)O1. The largest absolute Gasteiger partial charge is 0.479 e. The molecule has 21 heavy (non-hydrogen) atoms. The van der Waals surface area contributed by atoms with Crippen LogP contribution >= 0.6 is 0 Å². The first-order chi connectivity index (χ1) is 10.2. The van der Waals surface area contributed by atoms with Gasteiger partial charge in [0.25, 0.3) is 0 Å². The highest BCUT2D eigenvalue weighted by Gasteiger charge is 2.22. The highest BCUT2D eigenvalue weighted by atomic mass is 16.5. The van der Waals surface area contributed by atoms with Crippen LogP contribution in [0.25, 0.3) is 0 Å². The van der Waals surface area contributed by atoms with E-state index in [2.05, 4.69) is 6.92 Å². The molecule has 2 unspecified atom stereocenters. The van der Waals surface area contributed by atoms with E-state index in [0.29, 0.717) is 6.42 Å². The van der Waals surface area contributed by atoms with Gasteiger partial charge in [-0.1, -0.05) is 77.6 Å². The lowest BCUT2D eigenvalue weighted by molar-refractivity contribution is -0.155. The highest BCUT2D eigenvalue weighted by Crippen LogP contribution is 2.21. The zero-order valence-corrected chi connectivity index (χ0v) is 13.8. The lowest BCUT2D eigenvalue weighted by Gasteiger charge is -2.22. The topological polar surface area (TPSA) is 46.5 Å². The predicted molar refractivity (Wildman–Crippen MR) is 86.6 cm³/mol. The fraction of sp³-hybridized carbons (Fsp3) is 0.944. The molecule has 0 spiro atoms. The van der Waals surface area contributed by atoms with Gasteiger partial charge in [0.05, 0.1) is 6.10 Å². The van der Waals surface area contributed by atoms with E-state index in [4.69, 9.17) is 4.74 Å². The smallest absolute Gasteiger partial charge is 0.332 e. The van der Waals surface area contributed by atoms with E-state index in [1.165, 1.54) is 51.4 Å². The second kappa shape index (κ2) is 12.0. The van der Waals surface area contributed by atoms with Crippen LogP contribution in [0.3, 0.4) is 0 Å². The number of unbranched alkanes of at least 4 members (excludes halogenated alkanes) is 2. The van der Waals surface area contributed by atoms with Crippen molar-refractivity contribution < 1.29 is 14.6 Å². The Kier molecular flexibility index (Phi) is 10.6. The number of rotatable bonds is 5. The summed E-state index contributed by atoms with van der Waals surface area (Å²) in [6, 6.07) is 0. The van der Waals surface area contributed by atoms with Crippen molar-refractivity contribution in [3.8, 4) is 0 Å². The third-order valence-electron chi connectivity index (χ3n) is 4.50. The summed E-state index contributed by atoms with van der Waals surface area (Å²) in [4.78, 5) is 11.4. The van der Waals surface area contributed by atoms with Gasteiger partial charge in [-0.25, -0.2) is 4.79 Å². The molecule has 0 bridgehead atoms. The second-order valence-corrected chi connectivity index (χ2v) is 6.49. The van der Waals surface area contributed by atoms with E-state index < -0.39 is 12.1 Å². The van der Waals surface area contributed by atoms with Crippen molar-refractivity contribution >= 4 is 5.97 Å². The molecule has 0 aromatic heterocycles. The van der Waals surface area contributed by atoms with Gasteiger partial charge in [-0.2, -0.15) is 0 Å². The molecule has 2 atom stereocenters. The lowest BCUT2D eigenvalue weighted by atomic mass is 10.0. The number of carboxylic acids is 1. The molecule has 1 rings (SSSR count). The van der Waals surface area contributed by atoms with Crippen LogP contribution in [0.15, 0.2) is 0 Å². The summed E-state index contributed by atoms with van der Waals surface area (Å²) >= 11 is 0. The lowest BCUT2D eigenvalue weighted by Crippen LogP contribution is -2.29. The standard InChI is InChI=1S/C18H34O3/c1-2-3-10-13-16-14-11-8-6-4-5-7-9-12-15-17(21-16)18(19)20/h16-17H,2-15H2,1H3,(H,19,20). The summed E-state index contributed by atoms with van der Waals surface area (Å²) in [5, 5.41) is 9.36. The van der Waals surface area contributed by atoms with E-state index in [-0.39, 0.29) is 6.10 Å². The molecule has 124 valence electrons. The number of hydrogen-bond acceptors (Lipinski definition) is 2. The van der Waals surface area contributed by atoms with Crippen molar-refractivity contribution in [3.05, 3.63) is 0 Å². The quantitative estimate of drug-likeness (QED) is 0.699. The third kappa shape index (κ3) is 9.13. The Hall–Kier alpha value is -0.570. The van der Waals surface area contributed by atoms with Crippen LogP contribution in [-0.4, -0.2) is 23.3 Å². The summed E-state index contributed by atoms with van der Waals surface area (Å²) in [6.07, 6.45) is 15.7. The van der Waals surface area contributed by atoms with Crippen molar-refractivity contribution in [1.82, 2.24) is 0 Å². The van der Waals surface area contributed by atoms with Crippen LogP contribution in [0.1, 0.15) is 96.8 Å². The van der Waals surface area contributed by atoms with Gasteiger partial charge < -0.3 is 9.84 Å². The molecule has 0 aliphatic carbocycles. The van der Waals surface area contributed by atoms with Crippen molar-refractivity contribution in [1.29, 1.82) is 0 Å². The fourth-order valence-corrected chi connectivity index (χ4v) is 3.15. The molecule has 0 saturated carbocycles. The van der Waals surface area contributed by atoms with Crippen molar-refractivity contribution in [2.75, 3.05) is 0 Å². The van der Waals surface area contributed by atoms with E-state index in [1.807, 2.05) is 0 Å². The summed E-state index contributed by atoms with van der Waals surface area (Å²) in [6.45, 7) is 2.20. The predicted octanol–water partition coefficient (Wildman–Crippen LogP) is 5.32. The molecule has 1 fully saturated rings. The van der Waals surface area contributed by atoms with E-state index >= 15 is 0 Å². The van der Waals surface area contributed by atoms with Crippen molar-refractivity contribution in [2.45, 2.75) is 109 Å². The maximum atomic E-state index is 11.4. The van der Waals surface area contributed by atoms with Crippen LogP contribution < -0.4 is 0 Å². The number of carboxylic acid groups (broad SMARTS) is 1. The van der Waals surface area contributed by atoms with E-state index in [9.17, 15) is 9.90 Å². The molecule has 3 heteroatoms. The zero-order valence-electron chi connectivity index (χ0n) is 13.8. The van der Waals surface area contributed by atoms with Crippen molar-refractivity contribution in [2.24, 2.45) is 0 Å². The normalized spacial score (nSPS) is 26.3. The molecule has 1 aliphatic heterocycles. The Morgan fingerprint density at radius 1 is 0.952 bits per heavy atom. The van der Waals surface area contributed by atoms with E-state index in [1.54, 1.807) is 0 Å². The Morgan fingerprint density at radius 3 is 2.10 bits per heavy atom. The molecule has 0 aromatic carbocycles. The monoisotopic (exact) mass is 298 g/mol. The van der Waals surface area contributed by atoms with Gasteiger partial charge >= 0.3 is 5.97 Å². The van der Waals surface area contributed by atoms with Gasteiger partial charge in [0.15, 0.2) is 6.10 Å². The molecule has 0 aromatic rings. The molecule has 1 aliphatic rings. The van der Waals surface area contributed by atoms with Crippen LogP contribution in [0.5, 0.6) is 0 Å². The third-order valence-corrected chi connectivity index (χ3v) is 4.50. The first-order valence-corrected chi connectivity index (χ1v) is 9.12. The maximum absolute atomic E-state index is 11.4. The summed E-state index contributed by atoms with van der Waals surface area (Å²) in [7, 11) is 0. The number of hydrogen-bond donors (Lipinski definition) is 1. The Bertz CT molecular complexity index is 265. The molecular formula is C18H34O3. The second-order valence-electron chi connectivity index (χ2n) is 6.49. The minimum Gasteiger partial charge on any atom is -0.479 e. The molecule has 1 saturated heterocycles. The van der Waals surface area contributed by atoms with Crippen molar-refractivity contribution in [3.63, 3.8) is 0 Å². The maximum Gasteiger partial charge on any atom is 0.332 e. The van der Waals surface area contributed by atoms with Crippen LogP contribution in [0.4, 0.5) is 0 Å². The minimum atomic E-state index is -0.773. The molecule has 1 heterocycles. The average Bonchev–Trinajstić information content (AvgIpc) is 2.48. The molecule has 1 N–H and O–H groups in total. The Morgan fingerprint density at radius 2 is 1.52 bits per heavy atom. The highest BCUT2D eigenvalue weighted by molar-refractivity contribution is 5.72. The zero-order chi connectivity index (χ0) is 15.3. The van der Waals surface area contributed by atoms with Gasteiger partial charge in [-0.05, 0) is 19.3 Å². The number of carbonyl (C=O) groups is 1. The van der Waals surface area contributed by atoms with Crippen LogP contribution in [0.2, 0.25) is 0 Å². The van der Waals surface area contributed by atoms with Gasteiger partial charge in [-0.15, -0.1) is 0 Å². The fourth-order valence-electron chi connectivity index (χ4n) is 3.15.